The van der Waals surface area contributed by atoms with Crippen molar-refractivity contribution in [2.45, 2.75) is 51.7 Å². The van der Waals surface area contributed by atoms with E-state index in [1.165, 1.54) is 0 Å². The Bertz CT molecular complexity index is 148. The smallest absolute Gasteiger partial charge is 0.0165 e. The highest BCUT2D eigenvalue weighted by Gasteiger charge is 2.11. The Balaban J connectivity index is 3.94. The number of hydrogen-bond donors (Lipinski definition) is 3. The molecule has 0 saturated heterocycles. The predicted octanol–water partition coefficient (Wildman–Crippen LogP) is 0.110. The van der Waals surface area contributed by atoms with E-state index in [2.05, 4.69) is 11.8 Å². The van der Waals surface area contributed by atoms with Crippen LogP contribution in [0.3, 0.4) is 0 Å². The lowest BCUT2D eigenvalue weighted by Gasteiger charge is -2.27. The van der Waals surface area contributed by atoms with Gasteiger partial charge in [-0.2, -0.15) is 0 Å². The molecular formula is C11H28N4. The van der Waals surface area contributed by atoms with Gasteiger partial charge >= 0.3 is 0 Å². The van der Waals surface area contributed by atoms with E-state index in [4.69, 9.17) is 17.2 Å². The lowest BCUT2D eigenvalue weighted by Crippen LogP contribution is -2.43. The van der Waals surface area contributed by atoms with Crippen molar-refractivity contribution in [2.75, 3.05) is 19.6 Å². The van der Waals surface area contributed by atoms with Crippen LogP contribution in [0.2, 0.25) is 0 Å². The van der Waals surface area contributed by atoms with Crippen molar-refractivity contribution in [1.82, 2.24) is 4.90 Å². The molecule has 0 rings (SSSR count). The molecule has 0 heterocycles. The maximum atomic E-state index is 5.94. The number of nitrogens with two attached hydrogens (primary N) is 3. The topological polar surface area (TPSA) is 81.3 Å². The van der Waals surface area contributed by atoms with Gasteiger partial charge in [0.15, 0.2) is 0 Å². The molecule has 6 N–H and O–H groups in total. The number of hydrogen-bond acceptors (Lipinski definition) is 4. The Kier molecular flexibility index (Phi) is 7.96. The lowest BCUT2D eigenvalue weighted by atomic mass is 10.2. The minimum atomic E-state index is 0.196. The Morgan fingerprint density at radius 2 is 1.60 bits per heavy atom. The van der Waals surface area contributed by atoms with E-state index < -0.39 is 0 Å². The monoisotopic (exact) mass is 216 g/mol. The van der Waals surface area contributed by atoms with Crippen molar-refractivity contribution in [3.05, 3.63) is 0 Å². The van der Waals surface area contributed by atoms with Crippen LogP contribution in [0.1, 0.15) is 33.6 Å². The van der Waals surface area contributed by atoms with Crippen molar-refractivity contribution in [3.8, 4) is 0 Å². The number of rotatable bonds is 8. The molecule has 0 amide bonds. The quantitative estimate of drug-likeness (QED) is 0.538. The van der Waals surface area contributed by atoms with Gasteiger partial charge in [0, 0.05) is 31.2 Å². The normalized spacial score (nSPS) is 17.8. The van der Waals surface area contributed by atoms with Crippen LogP contribution >= 0.6 is 0 Å². The van der Waals surface area contributed by atoms with Crippen LogP contribution in [0.4, 0.5) is 0 Å². The summed E-state index contributed by atoms with van der Waals surface area (Å²) in [5, 5.41) is 0. The van der Waals surface area contributed by atoms with Crippen LogP contribution in [0.15, 0.2) is 0 Å². The zero-order chi connectivity index (χ0) is 11.8. The van der Waals surface area contributed by atoms with Crippen molar-refractivity contribution in [1.29, 1.82) is 0 Å². The van der Waals surface area contributed by atoms with E-state index in [-0.39, 0.29) is 18.1 Å². The zero-order valence-electron chi connectivity index (χ0n) is 10.4. The summed E-state index contributed by atoms with van der Waals surface area (Å²) in [5.41, 5.74) is 17.5. The van der Waals surface area contributed by atoms with Crippen molar-refractivity contribution >= 4 is 0 Å². The maximum Gasteiger partial charge on any atom is 0.0165 e. The van der Waals surface area contributed by atoms with E-state index in [1.54, 1.807) is 0 Å². The van der Waals surface area contributed by atoms with Gasteiger partial charge in [0.05, 0.1) is 0 Å². The molecule has 0 aliphatic rings. The third-order valence-electron chi connectivity index (χ3n) is 2.46. The average Bonchev–Trinajstić information content (AvgIpc) is 2.13. The summed E-state index contributed by atoms with van der Waals surface area (Å²) in [7, 11) is 0. The Morgan fingerprint density at radius 1 is 1.00 bits per heavy atom. The molecule has 15 heavy (non-hydrogen) atoms. The highest BCUT2D eigenvalue weighted by molar-refractivity contribution is 4.71. The first-order valence-electron chi connectivity index (χ1n) is 5.94. The van der Waals surface area contributed by atoms with Gasteiger partial charge in [-0.3, -0.25) is 0 Å². The molecule has 0 aliphatic heterocycles. The van der Waals surface area contributed by atoms with E-state index >= 15 is 0 Å². The fraction of sp³-hybridized carbons (Fsp3) is 1.00. The standard InChI is InChI=1S/C11H28N4/c1-4-11(14)8-15(7-10(3)13)6-5-9(2)12/h9-11H,4-8,12-14H2,1-3H3. The Morgan fingerprint density at radius 3 is 2.00 bits per heavy atom. The van der Waals surface area contributed by atoms with Gasteiger partial charge < -0.3 is 22.1 Å². The van der Waals surface area contributed by atoms with Crippen LogP contribution in [0.5, 0.6) is 0 Å². The van der Waals surface area contributed by atoms with Gasteiger partial charge in [0.2, 0.25) is 0 Å². The fourth-order valence-corrected chi connectivity index (χ4v) is 1.51. The molecule has 0 aromatic carbocycles. The molecule has 3 atom stereocenters. The third kappa shape index (κ3) is 8.81. The molecule has 0 radical (unpaired) electrons. The summed E-state index contributed by atoms with van der Waals surface area (Å²) >= 11 is 0. The van der Waals surface area contributed by atoms with Crippen molar-refractivity contribution < 1.29 is 0 Å². The fourth-order valence-electron chi connectivity index (χ4n) is 1.51. The van der Waals surface area contributed by atoms with Gasteiger partial charge in [0.25, 0.3) is 0 Å². The molecular weight excluding hydrogens is 188 g/mol. The summed E-state index contributed by atoms with van der Waals surface area (Å²) in [6.45, 7) is 8.98. The largest absolute Gasteiger partial charge is 0.328 e. The second-order valence-electron chi connectivity index (χ2n) is 4.67. The van der Waals surface area contributed by atoms with Crippen molar-refractivity contribution in [2.24, 2.45) is 17.2 Å². The SMILES string of the molecule is CCC(N)CN(CCC(C)N)CC(C)N. The van der Waals surface area contributed by atoms with Gasteiger partial charge in [-0.1, -0.05) is 6.92 Å². The molecule has 4 nitrogen and oxygen atoms in total. The zero-order valence-corrected chi connectivity index (χ0v) is 10.4. The van der Waals surface area contributed by atoms with E-state index in [0.717, 1.165) is 32.5 Å². The molecule has 0 aliphatic carbocycles. The van der Waals surface area contributed by atoms with Crippen LogP contribution in [0, 0.1) is 0 Å². The molecule has 92 valence electrons. The van der Waals surface area contributed by atoms with Gasteiger partial charge in [-0.05, 0) is 33.2 Å². The molecule has 0 saturated carbocycles. The Labute approximate surface area is 94.2 Å². The van der Waals surface area contributed by atoms with Crippen LogP contribution in [0.25, 0.3) is 0 Å². The van der Waals surface area contributed by atoms with E-state index in [9.17, 15) is 0 Å². The van der Waals surface area contributed by atoms with Gasteiger partial charge in [-0.25, -0.2) is 0 Å². The molecule has 0 bridgehead atoms. The van der Waals surface area contributed by atoms with Gasteiger partial charge in [-0.15, -0.1) is 0 Å². The van der Waals surface area contributed by atoms with Crippen LogP contribution in [-0.4, -0.2) is 42.7 Å². The lowest BCUT2D eigenvalue weighted by molar-refractivity contribution is 0.236. The summed E-state index contributed by atoms with van der Waals surface area (Å²) in [6.07, 6.45) is 2.01. The molecule has 0 aromatic heterocycles. The van der Waals surface area contributed by atoms with Gasteiger partial charge in [0.1, 0.15) is 0 Å². The Hall–Kier alpha value is -0.160. The molecule has 3 unspecified atom stereocenters. The summed E-state index contributed by atoms with van der Waals surface area (Å²) in [6, 6.07) is 0.692. The highest BCUT2D eigenvalue weighted by Crippen LogP contribution is 1.99. The van der Waals surface area contributed by atoms with Crippen molar-refractivity contribution in [3.63, 3.8) is 0 Å². The first-order valence-corrected chi connectivity index (χ1v) is 5.94. The summed E-state index contributed by atoms with van der Waals surface area (Å²) < 4.78 is 0. The van der Waals surface area contributed by atoms with E-state index in [1.807, 2.05) is 13.8 Å². The molecule has 0 fully saturated rings. The first-order chi connectivity index (χ1) is 6.95. The highest BCUT2D eigenvalue weighted by atomic mass is 15.1. The first kappa shape index (κ1) is 14.8. The third-order valence-corrected chi connectivity index (χ3v) is 2.46. The molecule has 0 spiro atoms. The maximum absolute atomic E-state index is 5.94. The summed E-state index contributed by atoms with van der Waals surface area (Å²) in [4.78, 5) is 2.32. The average molecular weight is 216 g/mol. The summed E-state index contributed by atoms with van der Waals surface area (Å²) in [5.74, 6) is 0. The minimum absolute atomic E-state index is 0.196. The molecule has 4 heteroatoms. The second-order valence-corrected chi connectivity index (χ2v) is 4.67. The number of nitrogens with zero attached hydrogens (tertiary/aromatic N) is 1. The predicted molar refractivity (Wildman–Crippen MR) is 66.6 cm³/mol. The van der Waals surface area contributed by atoms with Crippen LogP contribution in [-0.2, 0) is 0 Å². The van der Waals surface area contributed by atoms with E-state index in [0.29, 0.717) is 0 Å². The van der Waals surface area contributed by atoms with Crippen LogP contribution < -0.4 is 17.2 Å². The molecule has 0 aromatic rings. The second kappa shape index (κ2) is 8.05. The minimum Gasteiger partial charge on any atom is -0.328 e.